The number of phenols is 1. The van der Waals surface area contributed by atoms with Crippen LogP contribution in [0.4, 0.5) is 5.69 Å². The lowest BCUT2D eigenvalue weighted by Crippen LogP contribution is -2.30. The van der Waals surface area contributed by atoms with Crippen LogP contribution in [0.2, 0.25) is 5.02 Å². The summed E-state index contributed by atoms with van der Waals surface area (Å²) >= 11 is 5.88. The molecular weight excluding hydrogens is 290 g/mol. The number of benzene rings is 2. The normalized spacial score (nSPS) is 11.8. The average Bonchev–Trinajstić information content (AvgIpc) is 2.44. The molecule has 0 aliphatic heterocycles. The Labute approximate surface area is 128 Å². The zero-order valence-electron chi connectivity index (χ0n) is 11.8. The zero-order valence-corrected chi connectivity index (χ0v) is 12.5. The van der Waals surface area contributed by atoms with Gasteiger partial charge in [-0.15, -0.1) is 0 Å². The Hall–Kier alpha value is -2.20. The van der Waals surface area contributed by atoms with E-state index in [1.165, 1.54) is 6.07 Å². The van der Waals surface area contributed by atoms with Crippen molar-refractivity contribution >= 4 is 23.2 Å². The number of para-hydroxylation sites is 2. The van der Waals surface area contributed by atoms with Gasteiger partial charge in [0.05, 0.1) is 5.69 Å². The van der Waals surface area contributed by atoms with Crippen molar-refractivity contribution in [3.63, 3.8) is 0 Å². The van der Waals surface area contributed by atoms with Crippen molar-refractivity contribution in [3.05, 3.63) is 53.1 Å². The van der Waals surface area contributed by atoms with Crippen molar-refractivity contribution in [2.75, 3.05) is 5.32 Å². The number of hydrogen-bond donors (Lipinski definition) is 2. The van der Waals surface area contributed by atoms with Gasteiger partial charge in [-0.2, -0.15) is 0 Å². The summed E-state index contributed by atoms with van der Waals surface area (Å²) in [6.45, 7) is 3.50. The quantitative estimate of drug-likeness (QED) is 0.846. The lowest BCUT2D eigenvalue weighted by Gasteiger charge is -2.16. The maximum Gasteiger partial charge on any atom is 0.265 e. The van der Waals surface area contributed by atoms with E-state index in [-0.39, 0.29) is 11.7 Å². The van der Waals surface area contributed by atoms with Gasteiger partial charge in [0.25, 0.3) is 5.91 Å². The van der Waals surface area contributed by atoms with Gasteiger partial charge < -0.3 is 15.2 Å². The second-order valence-corrected chi connectivity index (χ2v) is 5.11. The molecule has 0 spiro atoms. The van der Waals surface area contributed by atoms with Crippen LogP contribution in [0.15, 0.2) is 42.5 Å². The van der Waals surface area contributed by atoms with Crippen molar-refractivity contribution in [2.24, 2.45) is 0 Å². The van der Waals surface area contributed by atoms with Crippen LogP contribution in [0.1, 0.15) is 12.5 Å². The number of hydrogen-bond acceptors (Lipinski definition) is 3. The summed E-state index contributed by atoms with van der Waals surface area (Å²) in [6.07, 6.45) is -0.704. The minimum Gasteiger partial charge on any atom is -0.506 e. The first-order chi connectivity index (χ1) is 9.97. The topological polar surface area (TPSA) is 58.6 Å². The molecule has 110 valence electrons. The molecule has 5 heteroatoms. The van der Waals surface area contributed by atoms with Crippen LogP contribution in [0, 0.1) is 6.92 Å². The molecule has 0 bridgehead atoms. The summed E-state index contributed by atoms with van der Waals surface area (Å²) in [6, 6.07) is 11.7. The zero-order chi connectivity index (χ0) is 15.4. The van der Waals surface area contributed by atoms with Crippen molar-refractivity contribution in [1.82, 2.24) is 0 Å². The maximum atomic E-state index is 12.1. The molecule has 0 heterocycles. The molecular formula is C16H16ClNO3. The Kier molecular flexibility index (Phi) is 4.70. The molecule has 0 aromatic heterocycles. The fraction of sp³-hybridized carbons (Fsp3) is 0.188. The number of phenolic OH excluding ortho intramolecular Hbond substituents is 1. The standard InChI is InChI=1S/C16H16ClNO3/c1-10-9-12(17)7-8-15(10)21-11(2)16(20)18-13-5-3-4-6-14(13)19/h3-9,11,19H,1-2H3,(H,18,20)/t11-/m0/s1. The Morgan fingerprint density at radius 2 is 2.00 bits per heavy atom. The maximum absolute atomic E-state index is 12.1. The molecule has 0 saturated carbocycles. The van der Waals surface area contributed by atoms with Gasteiger partial charge in [-0.3, -0.25) is 4.79 Å². The Bertz CT molecular complexity index is 658. The van der Waals surface area contributed by atoms with Crippen molar-refractivity contribution < 1.29 is 14.6 Å². The van der Waals surface area contributed by atoms with Crippen LogP contribution in [-0.2, 0) is 4.79 Å². The van der Waals surface area contributed by atoms with Gasteiger partial charge in [0.1, 0.15) is 11.5 Å². The van der Waals surface area contributed by atoms with Gasteiger partial charge in [0.15, 0.2) is 6.10 Å². The number of aryl methyl sites for hydroxylation is 1. The highest BCUT2D eigenvalue weighted by Crippen LogP contribution is 2.24. The van der Waals surface area contributed by atoms with Crippen molar-refractivity contribution in [1.29, 1.82) is 0 Å². The predicted molar refractivity (Wildman–Crippen MR) is 83.0 cm³/mol. The van der Waals surface area contributed by atoms with E-state index in [1.54, 1.807) is 43.3 Å². The van der Waals surface area contributed by atoms with E-state index in [9.17, 15) is 9.90 Å². The number of carbonyl (C=O) groups excluding carboxylic acids is 1. The summed E-state index contributed by atoms with van der Waals surface area (Å²) in [5.74, 6) is 0.269. The SMILES string of the molecule is Cc1cc(Cl)ccc1O[C@@H](C)C(=O)Nc1ccccc1O. The molecule has 0 unspecified atom stereocenters. The minimum atomic E-state index is -0.704. The largest absolute Gasteiger partial charge is 0.506 e. The van der Waals surface area contributed by atoms with Crippen LogP contribution in [-0.4, -0.2) is 17.1 Å². The van der Waals surface area contributed by atoms with Crippen LogP contribution in [0.3, 0.4) is 0 Å². The van der Waals surface area contributed by atoms with Crippen molar-refractivity contribution in [2.45, 2.75) is 20.0 Å². The van der Waals surface area contributed by atoms with Gasteiger partial charge in [-0.05, 0) is 49.7 Å². The van der Waals surface area contributed by atoms with Gasteiger partial charge in [-0.1, -0.05) is 23.7 Å². The molecule has 0 radical (unpaired) electrons. The molecule has 2 aromatic carbocycles. The van der Waals surface area contributed by atoms with E-state index in [0.717, 1.165) is 5.56 Å². The van der Waals surface area contributed by atoms with Crippen LogP contribution < -0.4 is 10.1 Å². The molecule has 1 amide bonds. The summed E-state index contributed by atoms with van der Waals surface area (Å²) < 4.78 is 5.62. The summed E-state index contributed by atoms with van der Waals surface area (Å²) in [4.78, 5) is 12.1. The van der Waals surface area contributed by atoms with E-state index < -0.39 is 6.10 Å². The lowest BCUT2D eigenvalue weighted by molar-refractivity contribution is -0.122. The number of amides is 1. The third-order valence-electron chi connectivity index (χ3n) is 2.97. The molecule has 1 atom stereocenters. The van der Waals surface area contributed by atoms with E-state index in [0.29, 0.717) is 16.5 Å². The van der Waals surface area contributed by atoms with Gasteiger partial charge in [0.2, 0.25) is 0 Å². The van der Waals surface area contributed by atoms with Crippen LogP contribution >= 0.6 is 11.6 Å². The van der Waals surface area contributed by atoms with Gasteiger partial charge >= 0.3 is 0 Å². The third-order valence-corrected chi connectivity index (χ3v) is 3.21. The number of carbonyl (C=O) groups is 1. The Morgan fingerprint density at radius 1 is 1.29 bits per heavy atom. The monoisotopic (exact) mass is 305 g/mol. The summed E-state index contributed by atoms with van der Waals surface area (Å²) in [5, 5.41) is 12.9. The number of rotatable bonds is 4. The number of aromatic hydroxyl groups is 1. The summed E-state index contributed by atoms with van der Waals surface area (Å²) in [7, 11) is 0. The van der Waals surface area contributed by atoms with Gasteiger partial charge in [0, 0.05) is 5.02 Å². The second kappa shape index (κ2) is 6.50. The highest BCUT2D eigenvalue weighted by atomic mass is 35.5. The first-order valence-corrected chi connectivity index (χ1v) is 6.87. The smallest absolute Gasteiger partial charge is 0.265 e. The molecule has 2 N–H and O–H groups in total. The van der Waals surface area contributed by atoms with E-state index >= 15 is 0 Å². The second-order valence-electron chi connectivity index (χ2n) is 4.68. The van der Waals surface area contributed by atoms with Crippen molar-refractivity contribution in [3.8, 4) is 11.5 Å². The number of anilines is 1. The highest BCUT2D eigenvalue weighted by molar-refractivity contribution is 6.30. The number of halogens is 1. The fourth-order valence-corrected chi connectivity index (χ4v) is 2.03. The molecule has 2 rings (SSSR count). The summed E-state index contributed by atoms with van der Waals surface area (Å²) in [5.41, 5.74) is 1.20. The van der Waals surface area contributed by atoms with E-state index in [1.807, 2.05) is 6.92 Å². The van der Waals surface area contributed by atoms with Crippen LogP contribution in [0.25, 0.3) is 0 Å². The molecule has 0 aliphatic rings. The first-order valence-electron chi connectivity index (χ1n) is 6.49. The number of nitrogens with one attached hydrogen (secondary N) is 1. The van der Waals surface area contributed by atoms with E-state index in [2.05, 4.69) is 5.32 Å². The minimum absolute atomic E-state index is 0.0146. The van der Waals surface area contributed by atoms with E-state index in [4.69, 9.17) is 16.3 Å². The predicted octanol–water partition coefficient (Wildman–Crippen LogP) is 3.76. The Balaban J connectivity index is 2.04. The number of ether oxygens (including phenoxy) is 1. The average molecular weight is 306 g/mol. The highest BCUT2D eigenvalue weighted by Gasteiger charge is 2.17. The molecule has 4 nitrogen and oxygen atoms in total. The molecule has 21 heavy (non-hydrogen) atoms. The Morgan fingerprint density at radius 3 is 2.67 bits per heavy atom. The molecule has 0 saturated heterocycles. The van der Waals surface area contributed by atoms with Gasteiger partial charge in [-0.25, -0.2) is 0 Å². The lowest BCUT2D eigenvalue weighted by atomic mass is 10.2. The third kappa shape index (κ3) is 3.89. The van der Waals surface area contributed by atoms with Crippen LogP contribution in [0.5, 0.6) is 11.5 Å². The fourth-order valence-electron chi connectivity index (χ4n) is 1.80. The molecule has 0 fully saturated rings. The molecule has 0 aliphatic carbocycles. The first kappa shape index (κ1) is 15.2. The molecule has 2 aromatic rings.